The average molecular weight is 560 g/mol. The standard InChI is InChI=1S/C27H34Cl2F3N3O2/c1-18(9-10-33-19(2)36)15-21-16-22(27(30,31)32)5-7-25(21)34-11-13-35(14-12-34)26(37)8-4-20-3-6-23(28)17-24(20)29/h3,5-7,16-19,33,36H,4,8-15H2,1-2H3. The highest BCUT2D eigenvalue weighted by Gasteiger charge is 2.32. The number of nitrogens with zero attached hydrogens (tertiary/aromatic N) is 2. The Bertz CT molecular complexity index is 1060. The lowest BCUT2D eigenvalue weighted by atomic mass is 9.94. The molecule has 3 rings (SSSR count). The number of aliphatic hydroxyl groups is 1. The van der Waals surface area contributed by atoms with Crippen molar-refractivity contribution in [2.75, 3.05) is 37.6 Å². The summed E-state index contributed by atoms with van der Waals surface area (Å²) in [4.78, 5) is 16.7. The summed E-state index contributed by atoms with van der Waals surface area (Å²) in [5, 5.41) is 13.4. The average Bonchev–Trinajstić information content (AvgIpc) is 2.82. The van der Waals surface area contributed by atoms with Crippen LogP contribution in [-0.4, -0.2) is 54.9 Å². The van der Waals surface area contributed by atoms with Crippen LogP contribution in [0.2, 0.25) is 10.0 Å². The molecule has 0 aromatic heterocycles. The summed E-state index contributed by atoms with van der Waals surface area (Å²) in [7, 11) is 0. The van der Waals surface area contributed by atoms with Crippen LogP contribution in [-0.2, 0) is 23.8 Å². The van der Waals surface area contributed by atoms with Crippen molar-refractivity contribution in [2.24, 2.45) is 5.92 Å². The topological polar surface area (TPSA) is 55.8 Å². The van der Waals surface area contributed by atoms with E-state index in [0.29, 0.717) is 67.6 Å². The molecule has 1 fully saturated rings. The van der Waals surface area contributed by atoms with E-state index in [1.165, 1.54) is 6.07 Å². The Morgan fingerprint density at radius 3 is 2.38 bits per heavy atom. The Balaban J connectivity index is 1.63. The summed E-state index contributed by atoms with van der Waals surface area (Å²) in [6.07, 6.45) is -2.99. The number of alkyl halides is 3. The largest absolute Gasteiger partial charge is 0.416 e. The molecule has 5 nitrogen and oxygen atoms in total. The Morgan fingerprint density at radius 1 is 1.05 bits per heavy atom. The van der Waals surface area contributed by atoms with Gasteiger partial charge in [0.1, 0.15) is 6.23 Å². The number of nitrogens with one attached hydrogen (secondary N) is 1. The fourth-order valence-electron chi connectivity index (χ4n) is 4.57. The van der Waals surface area contributed by atoms with Crippen molar-refractivity contribution in [3.63, 3.8) is 0 Å². The first-order chi connectivity index (χ1) is 17.4. The highest BCUT2D eigenvalue weighted by Crippen LogP contribution is 2.34. The van der Waals surface area contributed by atoms with Crippen molar-refractivity contribution in [3.8, 4) is 0 Å². The molecular weight excluding hydrogens is 526 g/mol. The Morgan fingerprint density at radius 2 is 1.76 bits per heavy atom. The summed E-state index contributed by atoms with van der Waals surface area (Å²) in [5.74, 6) is 0.147. The molecule has 2 aromatic rings. The molecule has 2 unspecified atom stereocenters. The summed E-state index contributed by atoms with van der Waals surface area (Å²) < 4.78 is 40.3. The van der Waals surface area contributed by atoms with Crippen LogP contribution in [0.1, 0.15) is 43.4 Å². The van der Waals surface area contributed by atoms with Gasteiger partial charge in [-0.3, -0.25) is 10.1 Å². The third-order valence-electron chi connectivity index (χ3n) is 6.65. The molecule has 0 bridgehead atoms. The maximum absolute atomic E-state index is 13.4. The van der Waals surface area contributed by atoms with Crippen LogP contribution in [0.4, 0.5) is 18.9 Å². The van der Waals surface area contributed by atoms with Crippen molar-refractivity contribution in [1.29, 1.82) is 0 Å². The SMILES string of the molecule is CC(CCNC(C)O)Cc1cc(C(F)(F)F)ccc1N1CCN(C(=O)CCc2ccc(Cl)cc2Cl)CC1. The lowest BCUT2D eigenvalue weighted by Crippen LogP contribution is -2.49. The van der Waals surface area contributed by atoms with E-state index in [4.69, 9.17) is 23.2 Å². The summed E-state index contributed by atoms with van der Waals surface area (Å²) >= 11 is 12.2. The number of aliphatic hydroxyl groups excluding tert-OH is 1. The smallest absolute Gasteiger partial charge is 0.379 e. The van der Waals surface area contributed by atoms with Gasteiger partial charge in [0.2, 0.25) is 5.91 Å². The number of hydrogen-bond donors (Lipinski definition) is 2. The molecular formula is C27H34Cl2F3N3O2. The first kappa shape index (κ1) is 29.6. The van der Waals surface area contributed by atoms with Gasteiger partial charge in [-0.2, -0.15) is 13.2 Å². The zero-order chi connectivity index (χ0) is 27.2. The Kier molecular flexibility index (Phi) is 10.5. The van der Waals surface area contributed by atoms with E-state index in [1.807, 2.05) is 13.0 Å². The summed E-state index contributed by atoms with van der Waals surface area (Å²) in [5.41, 5.74) is 1.64. The predicted octanol–water partition coefficient (Wildman–Crippen LogP) is 5.79. The Labute approximate surface area is 226 Å². The van der Waals surface area contributed by atoms with Gasteiger partial charge >= 0.3 is 6.18 Å². The second-order valence-corrected chi connectivity index (χ2v) is 10.5. The van der Waals surface area contributed by atoms with Crippen LogP contribution in [0, 0.1) is 5.92 Å². The second-order valence-electron chi connectivity index (χ2n) is 9.67. The zero-order valence-corrected chi connectivity index (χ0v) is 22.6. The summed E-state index contributed by atoms with van der Waals surface area (Å²) in [6.45, 7) is 6.30. The maximum Gasteiger partial charge on any atom is 0.416 e. The second kappa shape index (κ2) is 13.2. The summed E-state index contributed by atoms with van der Waals surface area (Å²) in [6, 6.07) is 9.17. The van der Waals surface area contributed by atoms with Crippen molar-refractivity contribution >= 4 is 34.8 Å². The monoisotopic (exact) mass is 559 g/mol. The number of piperazine rings is 1. The van der Waals surface area contributed by atoms with Crippen molar-refractivity contribution < 1.29 is 23.1 Å². The molecule has 2 N–H and O–H groups in total. The molecule has 10 heteroatoms. The molecule has 1 aliphatic heterocycles. The van der Waals surface area contributed by atoms with Gasteiger partial charge in [-0.15, -0.1) is 0 Å². The number of hydrogen-bond acceptors (Lipinski definition) is 4. The van der Waals surface area contributed by atoms with Crippen LogP contribution in [0.5, 0.6) is 0 Å². The van der Waals surface area contributed by atoms with Crippen molar-refractivity contribution in [1.82, 2.24) is 10.2 Å². The molecule has 2 aromatic carbocycles. The van der Waals surface area contributed by atoms with Gasteiger partial charge in [0.25, 0.3) is 0 Å². The van der Waals surface area contributed by atoms with Crippen molar-refractivity contribution in [3.05, 3.63) is 63.1 Å². The molecule has 0 radical (unpaired) electrons. The maximum atomic E-state index is 13.4. The Hall–Kier alpha value is -2.00. The number of carbonyl (C=O) groups is 1. The van der Waals surface area contributed by atoms with E-state index in [0.717, 1.165) is 23.7 Å². The van der Waals surface area contributed by atoms with Crippen LogP contribution in [0.3, 0.4) is 0 Å². The molecule has 0 saturated carbocycles. The molecule has 1 aliphatic rings. The minimum absolute atomic E-state index is 0.0255. The van der Waals surface area contributed by atoms with Gasteiger partial charge in [0.15, 0.2) is 0 Å². The van der Waals surface area contributed by atoms with Gasteiger partial charge in [0.05, 0.1) is 5.56 Å². The molecule has 0 spiro atoms. The fraction of sp³-hybridized carbons (Fsp3) is 0.519. The lowest BCUT2D eigenvalue weighted by Gasteiger charge is -2.37. The van der Waals surface area contributed by atoms with E-state index >= 15 is 0 Å². The third kappa shape index (κ3) is 8.77. The predicted molar refractivity (Wildman–Crippen MR) is 142 cm³/mol. The molecule has 37 heavy (non-hydrogen) atoms. The lowest BCUT2D eigenvalue weighted by molar-refractivity contribution is -0.137. The van der Waals surface area contributed by atoms with E-state index in [9.17, 15) is 23.1 Å². The van der Waals surface area contributed by atoms with Gasteiger partial charge in [0, 0.05) is 48.3 Å². The number of rotatable bonds is 10. The van der Waals surface area contributed by atoms with Gasteiger partial charge in [-0.05, 0) is 80.1 Å². The minimum Gasteiger partial charge on any atom is -0.379 e. The van der Waals surface area contributed by atoms with E-state index in [-0.39, 0.29) is 11.8 Å². The number of benzene rings is 2. The minimum atomic E-state index is -4.41. The number of aryl methyl sites for hydroxylation is 1. The molecule has 1 saturated heterocycles. The van der Waals surface area contributed by atoms with E-state index in [1.54, 1.807) is 30.0 Å². The molecule has 2 atom stereocenters. The zero-order valence-electron chi connectivity index (χ0n) is 21.1. The van der Waals surface area contributed by atoms with Gasteiger partial charge in [-0.25, -0.2) is 0 Å². The van der Waals surface area contributed by atoms with Gasteiger partial charge < -0.3 is 14.9 Å². The van der Waals surface area contributed by atoms with Crippen molar-refractivity contribution in [2.45, 2.75) is 51.9 Å². The van der Waals surface area contributed by atoms with E-state index in [2.05, 4.69) is 10.2 Å². The highest BCUT2D eigenvalue weighted by atomic mass is 35.5. The highest BCUT2D eigenvalue weighted by molar-refractivity contribution is 6.35. The van der Waals surface area contributed by atoms with Crippen LogP contribution < -0.4 is 10.2 Å². The fourth-order valence-corrected chi connectivity index (χ4v) is 5.07. The first-order valence-electron chi connectivity index (χ1n) is 12.5. The molecule has 0 aliphatic carbocycles. The van der Waals surface area contributed by atoms with Gasteiger partial charge in [-0.1, -0.05) is 36.2 Å². The number of carbonyl (C=O) groups excluding carboxylic acids is 1. The molecule has 1 amide bonds. The van der Waals surface area contributed by atoms with Crippen LogP contribution in [0.25, 0.3) is 0 Å². The van der Waals surface area contributed by atoms with E-state index < -0.39 is 18.0 Å². The number of halogens is 5. The third-order valence-corrected chi connectivity index (χ3v) is 7.24. The molecule has 1 heterocycles. The quantitative estimate of drug-likeness (QED) is 0.362. The number of anilines is 1. The van der Waals surface area contributed by atoms with Crippen LogP contribution in [0.15, 0.2) is 36.4 Å². The van der Waals surface area contributed by atoms with Crippen LogP contribution >= 0.6 is 23.2 Å². The first-order valence-corrected chi connectivity index (χ1v) is 13.3. The normalized spacial score (nSPS) is 16.1. The number of amides is 1. The molecule has 204 valence electrons.